The van der Waals surface area contributed by atoms with Gasteiger partial charge in [-0.15, -0.1) is 0 Å². The van der Waals surface area contributed by atoms with Crippen molar-refractivity contribution in [1.29, 1.82) is 0 Å². The molecule has 1 spiro atoms. The summed E-state index contributed by atoms with van der Waals surface area (Å²) in [5.41, 5.74) is -2.19. The van der Waals surface area contributed by atoms with Gasteiger partial charge < -0.3 is 104 Å². The topological polar surface area (TPSA) is 354 Å². The van der Waals surface area contributed by atoms with Crippen LogP contribution < -0.4 is 0 Å². The molecule has 66 heavy (non-hydrogen) atoms. The first-order chi connectivity index (χ1) is 31.1. The fourth-order valence-electron chi connectivity index (χ4n) is 13.4. The molecule has 22 nitrogen and oxygen atoms in total. The zero-order valence-electron chi connectivity index (χ0n) is 37.4. The van der Waals surface area contributed by atoms with E-state index in [-0.39, 0.29) is 17.3 Å². The van der Waals surface area contributed by atoms with Crippen LogP contribution in [0, 0.1) is 28.1 Å². The summed E-state index contributed by atoms with van der Waals surface area (Å²) in [4.78, 5) is 14.3. The van der Waals surface area contributed by atoms with E-state index in [0.717, 1.165) is 12.0 Å². The van der Waals surface area contributed by atoms with Gasteiger partial charge in [0.1, 0.15) is 91.6 Å². The van der Waals surface area contributed by atoms with Crippen LogP contribution in [-0.4, -0.2) is 221 Å². The van der Waals surface area contributed by atoms with Gasteiger partial charge in [-0.05, 0) is 93.5 Å². The van der Waals surface area contributed by atoms with Crippen LogP contribution in [0.5, 0.6) is 0 Å². The number of hydrogen-bond donors (Lipinski definition) is 13. The van der Waals surface area contributed by atoms with Crippen molar-refractivity contribution in [1.82, 2.24) is 0 Å². The molecular weight excluding hydrogens is 880 g/mol. The van der Waals surface area contributed by atoms with Crippen molar-refractivity contribution in [2.24, 2.45) is 28.1 Å². The lowest BCUT2D eigenvalue weighted by Crippen LogP contribution is -2.67. The zero-order chi connectivity index (χ0) is 48.0. The summed E-state index contributed by atoms with van der Waals surface area (Å²) in [5.74, 6) is -0.750. The van der Waals surface area contributed by atoms with E-state index >= 15 is 0 Å². The zero-order valence-corrected chi connectivity index (χ0v) is 37.4. The molecule has 2 bridgehead atoms. The highest BCUT2D eigenvalue weighted by Crippen LogP contribution is 2.73. The number of fused-ring (bicyclic) bond motifs is 3. The smallest absolute Gasteiger partial charge is 0.314 e. The average Bonchev–Trinajstić information content (AvgIpc) is 3.48. The second kappa shape index (κ2) is 18.9. The SMILES string of the molecule is C=C1CC23CCC4[C@](C)(C(=O)OC5OC(CO)C(O)C(O)C5O)CCC[C@@]4(C)[C@@H]2CCC1(OC1OC(CO)C(O)C(OC2OC(CO)C(O)C(O)C2O)C1OC1OC(C)C(O)C(O)C1O)C3. The minimum Gasteiger partial charge on any atom is -0.432 e. The Morgan fingerprint density at radius 3 is 1.74 bits per heavy atom. The van der Waals surface area contributed by atoms with Crippen molar-refractivity contribution >= 4 is 5.97 Å². The molecule has 0 amide bonds. The summed E-state index contributed by atoms with van der Waals surface area (Å²) in [7, 11) is 0. The van der Waals surface area contributed by atoms with E-state index in [1.54, 1.807) is 0 Å². The van der Waals surface area contributed by atoms with Crippen molar-refractivity contribution in [3.05, 3.63) is 12.2 Å². The lowest BCUT2D eigenvalue weighted by Gasteiger charge is -2.64. The fourth-order valence-corrected chi connectivity index (χ4v) is 13.4. The van der Waals surface area contributed by atoms with Gasteiger partial charge in [0.2, 0.25) is 6.29 Å². The van der Waals surface area contributed by atoms with Crippen LogP contribution in [0.3, 0.4) is 0 Å². The first kappa shape index (κ1) is 50.8. The van der Waals surface area contributed by atoms with Gasteiger partial charge in [0, 0.05) is 0 Å². The monoisotopic (exact) mass is 950 g/mol. The second-order valence-electron chi connectivity index (χ2n) is 20.8. The molecule has 26 atom stereocenters. The molecule has 4 aliphatic carbocycles. The van der Waals surface area contributed by atoms with E-state index in [0.29, 0.717) is 51.4 Å². The van der Waals surface area contributed by atoms with E-state index in [1.165, 1.54) is 6.92 Å². The number of esters is 1. The number of carbonyl (C=O) groups is 1. The summed E-state index contributed by atoms with van der Waals surface area (Å²) in [6.45, 7) is 7.77. The summed E-state index contributed by atoms with van der Waals surface area (Å²) < 4.78 is 48.4. The maximum absolute atomic E-state index is 14.3. The van der Waals surface area contributed by atoms with Crippen LogP contribution in [-0.2, 0) is 42.7 Å². The number of hydrogen-bond acceptors (Lipinski definition) is 22. The van der Waals surface area contributed by atoms with E-state index in [1.807, 2.05) is 6.92 Å². The number of rotatable bonds is 11. The van der Waals surface area contributed by atoms with Gasteiger partial charge in [0.25, 0.3) is 0 Å². The minimum absolute atomic E-state index is 0.0493. The predicted octanol–water partition coefficient (Wildman–Crippen LogP) is -4.09. The van der Waals surface area contributed by atoms with E-state index < -0.39 is 165 Å². The van der Waals surface area contributed by atoms with Crippen LogP contribution in [0.15, 0.2) is 12.2 Å². The molecule has 22 heteroatoms. The maximum Gasteiger partial charge on any atom is 0.314 e. The van der Waals surface area contributed by atoms with E-state index in [2.05, 4.69) is 13.5 Å². The Balaban J connectivity index is 1.06. The average molecular weight is 951 g/mol. The van der Waals surface area contributed by atoms with Gasteiger partial charge in [-0.1, -0.05) is 19.9 Å². The molecule has 378 valence electrons. The second-order valence-corrected chi connectivity index (χ2v) is 20.8. The summed E-state index contributed by atoms with van der Waals surface area (Å²) in [5, 5.41) is 137. The van der Waals surface area contributed by atoms with Crippen LogP contribution in [0.4, 0.5) is 0 Å². The third-order valence-corrected chi connectivity index (χ3v) is 17.0. The Hall–Kier alpha value is -1.59. The van der Waals surface area contributed by atoms with Crippen molar-refractivity contribution in [3.63, 3.8) is 0 Å². The molecule has 4 saturated heterocycles. The molecule has 23 unspecified atom stereocenters. The molecule has 4 heterocycles. The molecule has 4 aliphatic heterocycles. The van der Waals surface area contributed by atoms with Gasteiger partial charge >= 0.3 is 5.97 Å². The first-order valence-electron chi connectivity index (χ1n) is 23.2. The normalized spacial score (nSPS) is 55.2. The van der Waals surface area contributed by atoms with Gasteiger partial charge in [0.05, 0.1) is 36.9 Å². The quantitative estimate of drug-likeness (QED) is 0.0532. The lowest BCUT2D eigenvalue weighted by molar-refractivity contribution is -0.398. The van der Waals surface area contributed by atoms with Gasteiger partial charge in [-0.2, -0.15) is 0 Å². The van der Waals surface area contributed by atoms with Crippen molar-refractivity contribution in [3.8, 4) is 0 Å². The molecule has 0 aromatic rings. The number of ether oxygens (including phenoxy) is 8. The third-order valence-electron chi connectivity index (χ3n) is 17.0. The highest BCUT2D eigenvalue weighted by Gasteiger charge is 2.70. The van der Waals surface area contributed by atoms with Crippen LogP contribution in [0.2, 0.25) is 0 Å². The lowest BCUT2D eigenvalue weighted by atomic mass is 9.41. The largest absolute Gasteiger partial charge is 0.432 e. The summed E-state index contributed by atoms with van der Waals surface area (Å²) in [6.07, 6.45) is -27.4. The highest BCUT2D eigenvalue weighted by atomic mass is 16.8. The molecule has 8 rings (SSSR count). The van der Waals surface area contributed by atoms with E-state index in [4.69, 9.17) is 37.9 Å². The molecular formula is C44H70O22. The van der Waals surface area contributed by atoms with Crippen molar-refractivity contribution < 1.29 is 109 Å². The minimum atomic E-state index is -1.92. The predicted molar refractivity (Wildman–Crippen MR) is 218 cm³/mol. The molecule has 8 fully saturated rings. The molecule has 0 radical (unpaired) electrons. The summed E-state index contributed by atoms with van der Waals surface area (Å²) in [6, 6.07) is 0. The Labute approximate surface area is 381 Å². The van der Waals surface area contributed by atoms with Crippen molar-refractivity contribution in [2.45, 2.75) is 207 Å². The van der Waals surface area contributed by atoms with E-state index in [9.17, 15) is 71.2 Å². The Morgan fingerprint density at radius 1 is 0.606 bits per heavy atom. The van der Waals surface area contributed by atoms with Gasteiger partial charge in [-0.3, -0.25) is 4.79 Å². The van der Waals surface area contributed by atoms with Crippen LogP contribution in [0.1, 0.15) is 78.6 Å². The molecule has 8 aliphatic rings. The molecule has 4 saturated carbocycles. The highest BCUT2D eigenvalue weighted by molar-refractivity contribution is 5.77. The molecule has 0 aromatic carbocycles. The molecule has 0 aromatic heterocycles. The maximum atomic E-state index is 14.3. The van der Waals surface area contributed by atoms with Crippen LogP contribution in [0.25, 0.3) is 0 Å². The number of carbonyl (C=O) groups excluding carboxylic acids is 1. The van der Waals surface area contributed by atoms with Gasteiger partial charge in [0.15, 0.2) is 18.9 Å². The van der Waals surface area contributed by atoms with Crippen LogP contribution >= 0.6 is 0 Å². The Morgan fingerprint density at radius 2 is 1.12 bits per heavy atom. The first-order valence-corrected chi connectivity index (χ1v) is 23.2. The number of aliphatic hydroxyl groups is 13. The fraction of sp³-hybridized carbons (Fsp3) is 0.932. The summed E-state index contributed by atoms with van der Waals surface area (Å²) >= 11 is 0. The standard InChI is InChI=1S/C44H70O22/c1-17-12-43-10-6-22-41(3,8-5-9-42(22,4)40(58)65-38-33(57)30(54)26(50)20(14-46)61-38)23(43)7-11-44(17,16-43)66-39-35(64-36-31(55)28(52)24(48)18(2)59-36)34(27(51)21(15-47)62-39)63-37-32(56)29(53)25(49)19(13-45)60-37/h18-39,45-57H,1,5-16H2,2-4H3/t18?,19?,20?,21?,22?,23-,24?,25?,26?,27?,28?,29?,30?,31?,32?,33?,34?,35?,36?,37?,38?,39?,41+,42+,43?,44?/m0/s1. The third kappa shape index (κ3) is 8.30. The Bertz CT molecular complexity index is 1740. The number of aliphatic hydroxyl groups excluding tert-OH is 13. The van der Waals surface area contributed by atoms with Gasteiger partial charge in [-0.25, -0.2) is 0 Å². The molecule has 13 N–H and O–H groups in total. The Kier molecular flexibility index (Phi) is 14.5. The van der Waals surface area contributed by atoms with Crippen molar-refractivity contribution in [2.75, 3.05) is 19.8 Å².